The molecule has 7 atom stereocenters. The zero-order chi connectivity index (χ0) is 37.2. The van der Waals surface area contributed by atoms with Gasteiger partial charge in [-0.2, -0.15) is 13.2 Å². The number of anilines is 1. The summed E-state index contributed by atoms with van der Waals surface area (Å²) >= 11 is 0. The van der Waals surface area contributed by atoms with E-state index in [0.717, 1.165) is 30.5 Å². The fourth-order valence-corrected chi connectivity index (χ4v) is 8.92. The van der Waals surface area contributed by atoms with Crippen molar-refractivity contribution in [1.29, 1.82) is 0 Å². The molecule has 1 saturated heterocycles. The molecule has 3 aromatic rings. The Morgan fingerprint density at radius 2 is 1.79 bits per heavy atom. The third-order valence-electron chi connectivity index (χ3n) is 12.0. The third-order valence-corrected chi connectivity index (χ3v) is 12.0. The Morgan fingerprint density at radius 3 is 2.48 bits per heavy atom. The molecule has 2 aromatic carbocycles. The van der Waals surface area contributed by atoms with Crippen LogP contribution in [0, 0.1) is 17.3 Å². The van der Waals surface area contributed by atoms with Crippen LogP contribution in [-0.2, 0) is 43.6 Å². The van der Waals surface area contributed by atoms with E-state index in [0.29, 0.717) is 23.8 Å². The van der Waals surface area contributed by atoms with Gasteiger partial charge in [0.15, 0.2) is 0 Å². The highest BCUT2D eigenvalue weighted by atomic mass is 19.4. The topological polar surface area (TPSA) is 124 Å². The first-order chi connectivity index (χ1) is 24.5. The molecule has 3 N–H and O–H groups in total. The number of amides is 2. The van der Waals surface area contributed by atoms with Gasteiger partial charge in [0.2, 0.25) is 11.8 Å². The molecular formula is C38H45BF3N5O5. The molecule has 2 aliphatic heterocycles. The van der Waals surface area contributed by atoms with Crippen LogP contribution in [0.2, 0.25) is 0 Å². The molecule has 1 aromatic heterocycles. The van der Waals surface area contributed by atoms with Gasteiger partial charge in [0, 0.05) is 13.0 Å². The fraction of sp³-hybridized carbons (Fsp3) is 0.526. The highest BCUT2D eigenvalue weighted by Gasteiger charge is 2.67. The van der Waals surface area contributed by atoms with Crippen LogP contribution in [0.5, 0.6) is 0 Å². The summed E-state index contributed by atoms with van der Waals surface area (Å²) in [6, 6.07) is 13.0. The summed E-state index contributed by atoms with van der Waals surface area (Å²) in [5, 5.41) is 9.06. The number of aromatic nitrogens is 2. The lowest BCUT2D eigenvalue weighted by Gasteiger charge is -2.63. The second-order valence-electron chi connectivity index (χ2n) is 15.9. The van der Waals surface area contributed by atoms with Crippen LogP contribution in [0.25, 0.3) is 0 Å². The standard InChI is InChI=1S/C38H45BF3N5O5/c1-6-29(39-51-31-26-17-25(35(26,2)3)18-37(31,5)52-39)45-32(49)28-19-36(4,46-30(48)16-22-11-8-7-9-12-22)34-44-21-27(33(50)47(28)34)43-20-23-13-10-14-24(15-23)38(40,41)42/h7-15,21,25-26,28-29,31,43H,6,16-20H2,1-5H3,(H,45,49)(H,46,48)/t25?,26?,28-,29-,31+,36+,37-/m0/s1. The van der Waals surface area contributed by atoms with Crippen molar-refractivity contribution in [2.24, 2.45) is 17.3 Å². The average molecular weight is 720 g/mol. The summed E-state index contributed by atoms with van der Waals surface area (Å²) < 4.78 is 54.5. The number of nitrogens with zero attached hydrogens (tertiary/aromatic N) is 2. The van der Waals surface area contributed by atoms with Crippen molar-refractivity contribution in [2.45, 2.75) is 109 Å². The van der Waals surface area contributed by atoms with Gasteiger partial charge in [-0.1, -0.05) is 63.2 Å². The van der Waals surface area contributed by atoms with Crippen LogP contribution >= 0.6 is 0 Å². The quantitative estimate of drug-likeness (QED) is 0.235. The number of hydrogen-bond acceptors (Lipinski definition) is 7. The number of hydrogen-bond donors (Lipinski definition) is 3. The van der Waals surface area contributed by atoms with E-state index in [1.165, 1.54) is 22.9 Å². The maximum absolute atomic E-state index is 14.3. The van der Waals surface area contributed by atoms with E-state index in [4.69, 9.17) is 9.31 Å². The highest BCUT2D eigenvalue weighted by Crippen LogP contribution is 2.64. The molecule has 10 nitrogen and oxygen atoms in total. The van der Waals surface area contributed by atoms with Crippen molar-refractivity contribution in [2.75, 3.05) is 5.32 Å². The number of rotatable bonds is 10. The average Bonchev–Trinajstić information content (AvgIpc) is 3.61. The summed E-state index contributed by atoms with van der Waals surface area (Å²) in [4.78, 5) is 46.4. The van der Waals surface area contributed by atoms with Crippen LogP contribution in [0.15, 0.2) is 65.6 Å². The summed E-state index contributed by atoms with van der Waals surface area (Å²) in [5.41, 5.74) is -1.75. The molecule has 3 aliphatic carbocycles. The van der Waals surface area contributed by atoms with Gasteiger partial charge in [0.1, 0.15) is 17.6 Å². The van der Waals surface area contributed by atoms with Crippen molar-refractivity contribution in [3.05, 3.63) is 93.7 Å². The minimum atomic E-state index is -4.52. The van der Waals surface area contributed by atoms with Crippen LogP contribution in [0.3, 0.4) is 0 Å². The molecule has 8 rings (SSSR count). The molecule has 3 saturated carbocycles. The zero-order valence-electron chi connectivity index (χ0n) is 30.0. The molecule has 2 amide bonds. The minimum absolute atomic E-state index is 0.00641. The molecule has 4 fully saturated rings. The highest BCUT2D eigenvalue weighted by molar-refractivity contribution is 6.47. The Kier molecular flexibility index (Phi) is 9.09. The Balaban J connectivity index is 1.14. The second-order valence-corrected chi connectivity index (χ2v) is 15.9. The lowest BCUT2D eigenvalue weighted by molar-refractivity contribution is -0.185. The number of fused-ring (bicyclic) bond motifs is 1. The Bertz CT molecular complexity index is 1920. The van der Waals surface area contributed by atoms with Gasteiger partial charge in [-0.25, -0.2) is 4.98 Å². The molecule has 5 aliphatic rings. The molecular weight excluding hydrogens is 674 g/mol. The minimum Gasteiger partial charge on any atom is -0.404 e. The molecule has 0 radical (unpaired) electrons. The summed E-state index contributed by atoms with van der Waals surface area (Å²) in [5.74, 6) is -0.155. The van der Waals surface area contributed by atoms with Gasteiger partial charge in [-0.15, -0.1) is 0 Å². The fourth-order valence-electron chi connectivity index (χ4n) is 8.92. The lowest BCUT2D eigenvalue weighted by atomic mass is 9.45. The number of carbonyl (C=O) groups excluding carboxylic acids is 2. The monoisotopic (exact) mass is 719 g/mol. The van der Waals surface area contributed by atoms with Crippen molar-refractivity contribution in [3.8, 4) is 0 Å². The number of alkyl halides is 3. The maximum atomic E-state index is 14.3. The molecule has 2 bridgehead atoms. The van der Waals surface area contributed by atoms with Gasteiger partial charge in [0.25, 0.3) is 5.56 Å². The van der Waals surface area contributed by atoms with E-state index in [2.05, 4.69) is 41.7 Å². The Hall–Kier alpha value is -4.17. The first kappa shape index (κ1) is 36.2. The third kappa shape index (κ3) is 6.42. The zero-order valence-corrected chi connectivity index (χ0v) is 30.0. The largest absolute Gasteiger partial charge is 0.481 e. The van der Waals surface area contributed by atoms with Crippen LogP contribution in [-0.4, -0.2) is 46.1 Å². The van der Waals surface area contributed by atoms with E-state index in [1.807, 2.05) is 37.3 Å². The Morgan fingerprint density at radius 1 is 1.06 bits per heavy atom. The van der Waals surface area contributed by atoms with E-state index in [-0.39, 0.29) is 48.3 Å². The SMILES string of the molecule is CC[C@H](NC(=O)[C@@H]1C[C@@](C)(NC(=O)Cc2ccccc2)c2ncc(NCc3cccc(C(F)(F)F)c3)c(=O)n21)B1O[C@@H]2C3CC(C[C@]2(C)O1)C3(C)C. The van der Waals surface area contributed by atoms with Gasteiger partial charge < -0.3 is 25.3 Å². The van der Waals surface area contributed by atoms with E-state index < -0.39 is 53.4 Å². The maximum Gasteiger partial charge on any atom is 0.481 e. The number of carbonyl (C=O) groups is 2. The van der Waals surface area contributed by atoms with Crippen molar-refractivity contribution in [1.82, 2.24) is 20.2 Å². The van der Waals surface area contributed by atoms with Gasteiger partial charge in [0.05, 0.1) is 41.4 Å². The molecule has 2 unspecified atom stereocenters. The van der Waals surface area contributed by atoms with Crippen molar-refractivity contribution in [3.63, 3.8) is 0 Å². The predicted molar refractivity (Wildman–Crippen MR) is 189 cm³/mol. The summed E-state index contributed by atoms with van der Waals surface area (Å²) in [6.45, 7) is 10.2. The van der Waals surface area contributed by atoms with Crippen LogP contribution in [0.4, 0.5) is 18.9 Å². The molecule has 3 heterocycles. The molecule has 0 spiro atoms. The lowest BCUT2D eigenvalue weighted by Crippen LogP contribution is -2.63. The predicted octanol–water partition coefficient (Wildman–Crippen LogP) is 5.56. The summed E-state index contributed by atoms with van der Waals surface area (Å²) in [6.07, 6.45) is -0.688. The van der Waals surface area contributed by atoms with E-state index in [9.17, 15) is 27.6 Å². The van der Waals surface area contributed by atoms with Gasteiger partial charge >= 0.3 is 13.3 Å². The number of halogens is 3. The van der Waals surface area contributed by atoms with E-state index in [1.54, 1.807) is 6.92 Å². The Labute approximate surface area is 301 Å². The molecule has 14 heteroatoms. The van der Waals surface area contributed by atoms with E-state index >= 15 is 0 Å². The van der Waals surface area contributed by atoms with Crippen LogP contribution in [0.1, 0.15) is 88.9 Å². The second kappa shape index (κ2) is 13.0. The first-order valence-electron chi connectivity index (χ1n) is 18.0. The summed E-state index contributed by atoms with van der Waals surface area (Å²) in [7, 11) is -0.674. The first-order valence-corrected chi connectivity index (χ1v) is 18.0. The molecule has 276 valence electrons. The number of benzene rings is 2. The molecule has 52 heavy (non-hydrogen) atoms. The number of nitrogens with one attached hydrogen (secondary N) is 3. The van der Waals surface area contributed by atoms with Gasteiger partial charge in [-0.3, -0.25) is 19.0 Å². The van der Waals surface area contributed by atoms with Crippen molar-refractivity contribution >= 4 is 24.6 Å². The van der Waals surface area contributed by atoms with Gasteiger partial charge in [-0.05, 0) is 73.6 Å². The van der Waals surface area contributed by atoms with Crippen LogP contribution < -0.4 is 21.5 Å². The normalized spacial score (nSPS) is 29.0. The van der Waals surface area contributed by atoms with Crippen molar-refractivity contribution < 1.29 is 32.1 Å². The smallest absolute Gasteiger partial charge is 0.404 e.